The molecule has 1 heterocycles. The number of methoxy groups -OCH3 is 1. The van der Waals surface area contributed by atoms with E-state index in [-0.39, 0.29) is 5.92 Å². The van der Waals surface area contributed by atoms with Gasteiger partial charge in [-0.1, -0.05) is 32.4 Å². The summed E-state index contributed by atoms with van der Waals surface area (Å²) in [6, 6.07) is 6.39. The highest BCUT2D eigenvalue weighted by molar-refractivity contribution is 5.97. The van der Waals surface area contributed by atoms with Crippen LogP contribution in [0.25, 0.3) is 5.69 Å². The summed E-state index contributed by atoms with van der Waals surface area (Å²) in [5.41, 5.74) is 1.65. The van der Waals surface area contributed by atoms with Crippen LogP contribution in [0, 0.1) is 12.8 Å². The number of nitrogens with one attached hydrogen (secondary N) is 1. The van der Waals surface area contributed by atoms with E-state index in [1.54, 1.807) is 31.7 Å². The molecule has 0 saturated heterocycles. The second-order valence-electron chi connectivity index (χ2n) is 5.90. The molecule has 2 rings (SSSR count). The second-order valence-corrected chi connectivity index (χ2v) is 5.90. The van der Waals surface area contributed by atoms with Crippen LogP contribution >= 0.6 is 0 Å². The molecule has 0 bridgehead atoms. The minimum absolute atomic E-state index is 0.175. The number of hydrogen-bond acceptors (Lipinski definition) is 4. The maximum Gasteiger partial charge on any atom is 0.326 e. The molecule has 2 N–H and O–H groups in total. The maximum absolute atomic E-state index is 12.5. The fourth-order valence-corrected chi connectivity index (χ4v) is 2.58. The number of hydrogen-bond donors (Lipinski definition) is 2. The molecule has 1 aromatic carbocycles. The number of carbonyl (C=O) groups is 2. The number of amides is 1. The zero-order valence-corrected chi connectivity index (χ0v) is 14.8. The van der Waals surface area contributed by atoms with Crippen molar-refractivity contribution < 1.29 is 19.4 Å². The van der Waals surface area contributed by atoms with Crippen LogP contribution in [0.3, 0.4) is 0 Å². The highest BCUT2D eigenvalue weighted by Gasteiger charge is 2.27. The molecule has 0 radical (unpaired) electrons. The Kier molecular flexibility index (Phi) is 5.80. The number of para-hydroxylation sites is 2. The third kappa shape index (κ3) is 3.81. The number of carboxylic acids is 1. The number of ether oxygens (including phenoxy) is 1. The number of benzene rings is 1. The van der Waals surface area contributed by atoms with Gasteiger partial charge in [-0.2, -0.15) is 5.10 Å². The van der Waals surface area contributed by atoms with Crippen molar-refractivity contribution in [2.75, 3.05) is 7.11 Å². The average Bonchev–Trinajstić information content (AvgIpc) is 2.99. The number of aliphatic carboxylic acids is 1. The summed E-state index contributed by atoms with van der Waals surface area (Å²) in [5, 5.41) is 16.2. The van der Waals surface area contributed by atoms with E-state index >= 15 is 0 Å². The van der Waals surface area contributed by atoms with Crippen molar-refractivity contribution in [3.05, 3.63) is 41.7 Å². The van der Waals surface area contributed by atoms with Gasteiger partial charge in [0.05, 0.1) is 24.6 Å². The van der Waals surface area contributed by atoms with Crippen LogP contribution in [0.1, 0.15) is 36.3 Å². The van der Waals surface area contributed by atoms with E-state index in [1.807, 2.05) is 25.1 Å². The van der Waals surface area contributed by atoms with Crippen molar-refractivity contribution in [2.45, 2.75) is 33.2 Å². The van der Waals surface area contributed by atoms with E-state index in [0.717, 1.165) is 0 Å². The highest BCUT2D eigenvalue weighted by atomic mass is 16.5. The topological polar surface area (TPSA) is 93.5 Å². The molecule has 7 nitrogen and oxygen atoms in total. The predicted octanol–water partition coefficient (Wildman–Crippen LogP) is 2.42. The Morgan fingerprint density at radius 3 is 2.64 bits per heavy atom. The summed E-state index contributed by atoms with van der Waals surface area (Å²) < 4.78 is 6.93. The molecule has 0 aliphatic heterocycles. The van der Waals surface area contributed by atoms with Gasteiger partial charge in [-0.25, -0.2) is 9.48 Å². The lowest BCUT2D eigenvalue weighted by Crippen LogP contribution is -2.45. The zero-order chi connectivity index (χ0) is 18.6. The number of rotatable bonds is 7. The van der Waals surface area contributed by atoms with Crippen LogP contribution in [0.5, 0.6) is 5.75 Å². The largest absolute Gasteiger partial charge is 0.494 e. The monoisotopic (exact) mass is 345 g/mol. The van der Waals surface area contributed by atoms with Gasteiger partial charge in [0.1, 0.15) is 17.5 Å². The van der Waals surface area contributed by atoms with Gasteiger partial charge in [0.15, 0.2) is 0 Å². The molecule has 0 unspecified atom stereocenters. The van der Waals surface area contributed by atoms with Gasteiger partial charge in [-0.3, -0.25) is 4.79 Å². The number of nitrogens with zero attached hydrogens (tertiary/aromatic N) is 2. The lowest BCUT2D eigenvalue weighted by Gasteiger charge is -2.20. The van der Waals surface area contributed by atoms with Crippen molar-refractivity contribution >= 4 is 11.9 Å². The van der Waals surface area contributed by atoms with E-state index in [4.69, 9.17) is 4.74 Å². The van der Waals surface area contributed by atoms with Crippen molar-refractivity contribution in [2.24, 2.45) is 5.92 Å². The van der Waals surface area contributed by atoms with Crippen molar-refractivity contribution in [1.82, 2.24) is 15.1 Å². The quantitative estimate of drug-likeness (QED) is 0.804. The molecule has 25 heavy (non-hydrogen) atoms. The molecule has 0 aliphatic rings. The van der Waals surface area contributed by atoms with E-state index in [0.29, 0.717) is 29.1 Å². The van der Waals surface area contributed by atoms with E-state index in [2.05, 4.69) is 10.4 Å². The number of carbonyl (C=O) groups excluding carboxylic acids is 1. The van der Waals surface area contributed by atoms with Gasteiger partial charge < -0.3 is 15.2 Å². The molecule has 0 fully saturated rings. The summed E-state index contributed by atoms with van der Waals surface area (Å²) in [6.45, 7) is 5.44. The van der Waals surface area contributed by atoms with Gasteiger partial charge in [0, 0.05) is 0 Å². The standard InChI is InChI=1S/C18H23N3O4/c1-5-11(2)16(18(23)24)20-17(22)13-10-19-21(12(13)3)14-8-6-7-9-15(14)25-4/h6-11,16H,5H2,1-4H3,(H,20,22)(H,23,24)/t11-,16-/m0/s1. The molecule has 1 amide bonds. The molecule has 2 atom stereocenters. The lowest BCUT2D eigenvalue weighted by atomic mass is 9.99. The molecule has 1 aromatic heterocycles. The number of carboxylic acid groups (broad SMARTS) is 1. The Balaban J connectivity index is 2.31. The molecule has 2 aromatic rings. The Labute approximate surface area is 146 Å². The Morgan fingerprint density at radius 1 is 1.36 bits per heavy atom. The first-order chi connectivity index (χ1) is 11.9. The maximum atomic E-state index is 12.5. The minimum atomic E-state index is -1.04. The van der Waals surface area contributed by atoms with E-state index in [1.165, 1.54) is 6.20 Å². The van der Waals surface area contributed by atoms with Crippen LogP contribution in [-0.4, -0.2) is 39.9 Å². The highest BCUT2D eigenvalue weighted by Crippen LogP contribution is 2.24. The van der Waals surface area contributed by atoms with E-state index in [9.17, 15) is 14.7 Å². The molecule has 0 saturated carbocycles. The number of aromatic nitrogens is 2. The summed E-state index contributed by atoms with van der Waals surface area (Å²) in [5.74, 6) is -1.04. The molecular formula is C18H23N3O4. The predicted molar refractivity (Wildman–Crippen MR) is 93.2 cm³/mol. The Hall–Kier alpha value is -2.83. The fraction of sp³-hybridized carbons (Fsp3) is 0.389. The summed E-state index contributed by atoms with van der Waals surface area (Å²) in [7, 11) is 1.56. The van der Waals surface area contributed by atoms with Crippen LogP contribution in [0.2, 0.25) is 0 Å². The smallest absolute Gasteiger partial charge is 0.326 e. The van der Waals surface area contributed by atoms with Gasteiger partial charge in [-0.15, -0.1) is 0 Å². The molecular weight excluding hydrogens is 322 g/mol. The Morgan fingerprint density at radius 2 is 2.04 bits per heavy atom. The molecule has 7 heteroatoms. The van der Waals surface area contributed by atoms with Gasteiger partial charge >= 0.3 is 5.97 Å². The third-order valence-electron chi connectivity index (χ3n) is 4.33. The van der Waals surface area contributed by atoms with Gasteiger partial charge in [0.2, 0.25) is 0 Å². The summed E-state index contributed by atoms with van der Waals surface area (Å²) >= 11 is 0. The molecule has 0 aliphatic carbocycles. The van der Waals surface area contributed by atoms with Gasteiger partial charge in [0.25, 0.3) is 5.91 Å². The Bertz CT molecular complexity index is 769. The zero-order valence-electron chi connectivity index (χ0n) is 14.8. The van der Waals surface area contributed by atoms with E-state index < -0.39 is 17.9 Å². The average molecular weight is 345 g/mol. The summed E-state index contributed by atoms with van der Waals surface area (Å²) in [6.07, 6.45) is 2.09. The SMILES string of the molecule is CC[C@H](C)[C@H](NC(=O)c1cnn(-c2ccccc2OC)c1C)C(=O)O. The van der Waals surface area contributed by atoms with Crippen LogP contribution in [0.4, 0.5) is 0 Å². The van der Waals surface area contributed by atoms with Crippen LogP contribution < -0.4 is 10.1 Å². The van der Waals surface area contributed by atoms with Crippen LogP contribution in [-0.2, 0) is 4.79 Å². The fourth-order valence-electron chi connectivity index (χ4n) is 2.58. The first kappa shape index (κ1) is 18.5. The van der Waals surface area contributed by atoms with Crippen molar-refractivity contribution in [3.63, 3.8) is 0 Å². The second kappa shape index (κ2) is 7.83. The van der Waals surface area contributed by atoms with Crippen molar-refractivity contribution in [3.8, 4) is 11.4 Å². The van der Waals surface area contributed by atoms with Crippen LogP contribution in [0.15, 0.2) is 30.5 Å². The normalized spacial score (nSPS) is 13.1. The minimum Gasteiger partial charge on any atom is -0.494 e. The first-order valence-electron chi connectivity index (χ1n) is 8.12. The van der Waals surface area contributed by atoms with Crippen molar-refractivity contribution in [1.29, 1.82) is 0 Å². The molecule has 0 spiro atoms. The lowest BCUT2D eigenvalue weighted by molar-refractivity contribution is -0.140. The van der Waals surface area contributed by atoms with Gasteiger partial charge in [-0.05, 0) is 25.0 Å². The third-order valence-corrected chi connectivity index (χ3v) is 4.33. The summed E-state index contributed by atoms with van der Waals surface area (Å²) in [4.78, 5) is 24.0. The molecule has 134 valence electrons. The first-order valence-corrected chi connectivity index (χ1v) is 8.12.